The first kappa shape index (κ1) is 9.57. The lowest BCUT2D eigenvalue weighted by molar-refractivity contribution is 0.523. The minimum absolute atomic E-state index is 0.661. The predicted octanol–water partition coefficient (Wildman–Crippen LogP) is 3.46. The molecule has 14 heavy (non-hydrogen) atoms. The molecule has 0 aromatic heterocycles. The lowest BCUT2D eigenvalue weighted by Crippen LogP contribution is -2.23. The van der Waals surface area contributed by atoms with Gasteiger partial charge >= 0.3 is 0 Å². The summed E-state index contributed by atoms with van der Waals surface area (Å²) >= 11 is 0. The van der Waals surface area contributed by atoms with Crippen LogP contribution in [0.5, 0.6) is 0 Å². The Morgan fingerprint density at radius 3 is 2.57 bits per heavy atom. The van der Waals surface area contributed by atoms with Gasteiger partial charge < -0.3 is 5.32 Å². The Kier molecular flexibility index (Phi) is 2.49. The highest BCUT2D eigenvalue weighted by molar-refractivity contribution is 5.54. The average Bonchev–Trinajstić information content (AvgIpc) is 3.01. The second-order valence-electron chi connectivity index (χ2n) is 4.19. The molecule has 3 rings (SSSR count). The summed E-state index contributed by atoms with van der Waals surface area (Å²) in [5.41, 5.74) is 3.53. The highest BCUT2D eigenvalue weighted by atomic mass is 14.9. The number of anilines is 1. The van der Waals surface area contributed by atoms with Gasteiger partial charge in [-0.05, 0) is 36.3 Å². The summed E-state index contributed by atoms with van der Waals surface area (Å²) in [7, 11) is 0. The normalized spacial score (nSPS) is 20.1. The van der Waals surface area contributed by atoms with Gasteiger partial charge in [-0.3, -0.25) is 0 Å². The summed E-state index contributed by atoms with van der Waals surface area (Å²) in [5, 5.41) is 3.52. The minimum atomic E-state index is 0.661. The molecule has 2 aliphatic rings. The standard InChI is InChI=1S/C11H13N.C2H6/c1-2-4-10-9(3-1)7-11(5-6-11)8-12-10;1-2/h1-4,12H,5-8H2;1-2H3. The Labute approximate surface area is 86.5 Å². The number of hydrogen-bond acceptors (Lipinski definition) is 1. The van der Waals surface area contributed by atoms with Crippen LogP contribution < -0.4 is 5.32 Å². The second kappa shape index (κ2) is 3.64. The molecule has 1 heterocycles. The van der Waals surface area contributed by atoms with Crippen LogP contribution in [0.15, 0.2) is 24.3 Å². The van der Waals surface area contributed by atoms with E-state index in [0.29, 0.717) is 5.41 Å². The monoisotopic (exact) mass is 189 g/mol. The number of benzene rings is 1. The van der Waals surface area contributed by atoms with E-state index in [9.17, 15) is 0 Å². The van der Waals surface area contributed by atoms with Gasteiger partial charge in [-0.25, -0.2) is 0 Å². The van der Waals surface area contributed by atoms with Crippen LogP contribution in [0.25, 0.3) is 0 Å². The number of rotatable bonds is 0. The molecule has 0 atom stereocenters. The second-order valence-corrected chi connectivity index (χ2v) is 4.19. The summed E-state index contributed by atoms with van der Waals surface area (Å²) in [6, 6.07) is 8.69. The van der Waals surface area contributed by atoms with Crippen LogP contribution in [0.2, 0.25) is 0 Å². The van der Waals surface area contributed by atoms with Crippen molar-refractivity contribution in [3.63, 3.8) is 0 Å². The molecule has 1 saturated carbocycles. The highest BCUT2D eigenvalue weighted by Gasteiger charge is 2.44. The zero-order valence-electron chi connectivity index (χ0n) is 9.14. The molecule has 1 nitrogen and oxygen atoms in total. The van der Waals surface area contributed by atoms with Crippen LogP contribution in [0, 0.1) is 5.41 Å². The molecular formula is C13H19N. The Hall–Kier alpha value is -0.980. The van der Waals surface area contributed by atoms with Crippen LogP contribution in [0.4, 0.5) is 5.69 Å². The lowest BCUT2D eigenvalue weighted by Gasteiger charge is -2.25. The maximum Gasteiger partial charge on any atom is 0.0373 e. The zero-order valence-corrected chi connectivity index (χ0v) is 9.14. The van der Waals surface area contributed by atoms with Crippen molar-refractivity contribution < 1.29 is 0 Å². The maximum atomic E-state index is 3.52. The molecule has 1 spiro atoms. The predicted molar refractivity (Wildman–Crippen MR) is 61.7 cm³/mol. The number of fused-ring (bicyclic) bond motifs is 1. The van der Waals surface area contributed by atoms with E-state index in [2.05, 4.69) is 29.6 Å². The van der Waals surface area contributed by atoms with Gasteiger partial charge in [-0.15, -0.1) is 0 Å². The first-order valence-electron chi connectivity index (χ1n) is 5.70. The Morgan fingerprint density at radius 1 is 1.14 bits per heavy atom. The molecule has 0 amide bonds. The van der Waals surface area contributed by atoms with Crippen molar-refractivity contribution in [1.29, 1.82) is 0 Å². The van der Waals surface area contributed by atoms with Gasteiger partial charge in [-0.2, -0.15) is 0 Å². The average molecular weight is 189 g/mol. The summed E-state index contributed by atoms with van der Waals surface area (Å²) < 4.78 is 0. The van der Waals surface area contributed by atoms with Crippen LogP contribution in [0.1, 0.15) is 32.3 Å². The van der Waals surface area contributed by atoms with E-state index >= 15 is 0 Å². The zero-order chi connectivity index (χ0) is 10.0. The molecule has 0 unspecified atom stereocenters. The molecule has 1 aliphatic carbocycles. The van der Waals surface area contributed by atoms with E-state index in [1.54, 1.807) is 0 Å². The van der Waals surface area contributed by atoms with Gasteiger partial charge in [0.1, 0.15) is 0 Å². The number of nitrogens with one attached hydrogen (secondary N) is 1. The van der Waals surface area contributed by atoms with Crippen LogP contribution in [0.3, 0.4) is 0 Å². The minimum Gasteiger partial charge on any atom is -0.384 e. The molecule has 1 aromatic rings. The van der Waals surface area contributed by atoms with Crippen molar-refractivity contribution in [3.05, 3.63) is 29.8 Å². The van der Waals surface area contributed by atoms with Crippen molar-refractivity contribution in [2.45, 2.75) is 33.1 Å². The van der Waals surface area contributed by atoms with E-state index in [1.165, 1.54) is 37.1 Å². The summed E-state index contributed by atoms with van der Waals surface area (Å²) in [6.07, 6.45) is 4.15. The molecule has 1 N–H and O–H groups in total. The van der Waals surface area contributed by atoms with Crippen LogP contribution in [-0.4, -0.2) is 6.54 Å². The van der Waals surface area contributed by atoms with Crippen molar-refractivity contribution in [1.82, 2.24) is 0 Å². The molecule has 76 valence electrons. The van der Waals surface area contributed by atoms with Crippen molar-refractivity contribution in [2.75, 3.05) is 11.9 Å². The smallest absolute Gasteiger partial charge is 0.0373 e. The van der Waals surface area contributed by atoms with Crippen molar-refractivity contribution in [2.24, 2.45) is 5.41 Å². The molecule has 0 radical (unpaired) electrons. The summed E-state index contributed by atoms with van der Waals surface area (Å²) in [5.74, 6) is 0. The quantitative estimate of drug-likeness (QED) is 0.659. The number of para-hydroxylation sites is 1. The van der Waals surface area contributed by atoms with E-state index in [4.69, 9.17) is 0 Å². The molecular weight excluding hydrogens is 170 g/mol. The van der Waals surface area contributed by atoms with E-state index in [-0.39, 0.29) is 0 Å². The fraction of sp³-hybridized carbons (Fsp3) is 0.538. The Morgan fingerprint density at radius 2 is 1.86 bits per heavy atom. The van der Waals surface area contributed by atoms with Gasteiger partial charge in [-0.1, -0.05) is 32.0 Å². The summed E-state index contributed by atoms with van der Waals surface area (Å²) in [4.78, 5) is 0. The first-order valence-corrected chi connectivity index (χ1v) is 5.70. The molecule has 1 heteroatoms. The molecule has 0 bridgehead atoms. The number of hydrogen-bond donors (Lipinski definition) is 1. The van der Waals surface area contributed by atoms with Crippen molar-refractivity contribution in [3.8, 4) is 0 Å². The van der Waals surface area contributed by atoms with Gasteiger partial charge in [0.15, 0.2) is 0 Å². The third-order valence-corrected chi connectivity index (χ3v) is 3.19. The van der Waals surface area contributed by atoms with Crippen molar-refractivity contribution >= 4 is 5.69 Å². The maximum absolute atomic E-state index is 3.52. The van der Waals surface area contributed by atoms with Gasteiger partial charge in [0, 0.05) is 12.2 Å². The Bertz CT molecular complexity index is 313. The topological polar surface area (TPSA) is 12.0 Å². The Balaban J connectivity index is 0.000000354. The van der Waals surface area contributed by atoms with Crippen LogP contribution in [-0.2, 0) is 6.42 Å². The van der Waals surface area contributed by atoms with E-state index in [1.807, 2.05) is 13.8 Å². The van der Waals surface area contributed by atoms with E-state index in [0.717, 1.165) is 0 Å². The fourth-order valence-corrected chi connectivity index (χ4v) is 2.13. The van der Waals surface area contributed by atoms with E-state index < -0.39 is 0 Å². The largest absolute Gasteiger partial charge is 0.384 e. The lowest BCUT2D eigenvalue weighted by atomic mass is 9.91. The third kappa shape index (κ3) is 1.63. The summed E-state index contributed by atoms with van der Waals surface area (Å²) in [6.45, 7) is 5.20. The van der Waals surface area contributed by atoms with Gasteiger partial charge in [0.25, 0.3) is 0 Å². The first-order chi connectivity index (χ1) is 6.88. The van der Waals surface area contributed by atoms with Gasteiger partial charge in [0.05, 0.1) is 0 Å². The SMILES string of the molecule is CC.c1ccc2c(c1)CC1(CC1)CN2. The third-order valence-electron chi connectivity index (χ3n) is 3.19. The van der Waals surface area contributed by atoms with Crippen LogP contribution >= 0.6 is 0 Å². The molecule has 1 aromatic carbocycles. The molecule has 1 aliphatic heterocycles. The molecule has 1 fully saturated rings. The fourth-order valence-electron chi connectivity index (χ4n) is 2.13. The van der Waals surface area contributed by atoms with Gasteiger partial charge in [0.2, 0.25) is 0 Å². The molecule has 0 saturated heterocycles. The highest BCUT2D eigenvalue weighted by Crippen LogP contribution is 2.51.